The minimum atomic E-state index is -1.73. The highest BCUT2D eigenvalue weighted by molar-refractivity contribution is 6.01. The lowest BCUT2D eigenvalue weighted by Crippen LogP contribution is -2.62. The number of benzene rings is 4. The molecule has 3 heterocycles. The SMILES string of the molecule is CC[C@H](C)[C@H](NC(=O)[C@H](CC(C)C)NC(=O)[C@H](Cc1c[nH]c2ccccc12)NC(=O)[C@H](Cc1ccc(O)cc1)NC(=O)[C@@H]1CCCN1C(=O)[C@H](CCC(N)=O)NC(=O)[C@H](CCCCN)NC(=O)[C@H](Cc1ccc(O)cc1)NC(C)=O)C(=O)N[C@@H](CC(N)=O)C(=O)N[C@@H](Cc1c[nH]c2ccccc12)C(=O)N[C@@H](C)C(N)=O. The fraction of sp³-hybridized carbons (Fsp3) is 0.455. The summed E-state index contributed by atoms with van der Waals surface area (Å²) < 4.78 is 0. The van der Waals surface area contributed by atoms with Crippen LogP contribution in [0.25, 0.3) is 21.8 Å². The van der Waals surface area contributed by atoms with Crippen LogP contribution in [0.1, 0.15) is 128 Å². The molecule has 0 aliphatic carbocycles. The summed E-state index contributed by atoms with van der Waals surface area (Å²) >= 11 is 0. The number of phenols is 2. The average Bonchev–Trinajstić information content (AvgIpc) is 1.65. The van der Waals surface area contributed by atoms with E-state index in [0.29, 0.717) is 51.4 Å². The number of unbranched alkanes of at least 4 members (excludes halogenated alkanes) is 1. The number of rotatable bonds is 42. The van der Waals surface area contributed by atoms with Crippen molar-refractivity contribution >= 4 is 105 Å². The number of hydrogen-bond acceptors (Lipinski definition) is 17. The first-order chi connectivity index (χ1) is 52.3. The van der Waals surface area contributed by atoms with Crippen molar-refractivity contribution in [1.29, 1.82) is 0 Å². The van der Waals surface area contributed by atoms with E-state index in [0.717, 1.165) is 5.52 Å². The van der Waals surface area contributed by atoms with Crippen LogP contribution in [-0.4, -0.2) is 187 Å². The molecule has 33 heteroatoms. The number of likely N-dealkylation sites (tertiary alicyclic amines) is 1. The zero-order valence-corrected chi connectivity index (χ0v) is 62.6. The number of hydrogen-bond donors (Lipinski definition) is 18. The van der Waals surface area contributed by atoms with Crippen LogP contribution in [-0.2, 0) is 92.8 Å². The van der Waals surface area contributed by atoms with Gasteiger partial charge < -0.3 is 101 Å². The van der Waals surface area contributed by atoms with E-state index in [1.807, 2.05) is 0 Å². The molecule has 4 aromatic carbocycles. The molecule has 0 radical (unpaired) electrons. The molecule has 0 unspecified atom stereocenters. The lowest BCUT2D eigenvalue weighted by atomic mass is 9.96. The van der Waals surface area contributed by atoms with Crippen LogP contribution in [0.5, 0.6) is 11.5 Å². The molecule has 33 nitrogen and oxygen atoms in total. The number of nitrogens with two attached hydrogens (primary N) is 4. The van der Waals surface area contributed by atoms with E-state index < -0.39 is 168 Å². The number of nitrogens with zero attached hydrogens (tertiary/aromatic N) is 1. The van der Waals surface area contributed by atoms with E-state index in [9.17, 15) is 67.7 Å². The number of primary amides is 3. The third kappa shape index (κ3) is 25.1. The number of aromatic amines is 2. The first-order valence-corrected chi connectivity index (χ1v) is 36.9. The molecule has 1 aliphatic rings. The van der Waals surface area contributed by atoms with Crippen molar-refractivity contribution in [3.05, 3.63) is 132 Å². The fourth-order valence-corrected chi connectivity index (χ4v) is 13.0. The molecule has 1 aliphatic heterocycles. The van der Waals surface area contributed by atoms with E-state index in [2.05, 4.69) is 63.1 Å². The Morgan fingerprint density at radius 3 is 1.45 bits per heavy atom. The van der Waals surface area contributed by atoms with E-state index >= 15 is 9.59 Å². The first-order valence-electron chi connectivity index (χ1n) is 36.9. The molecule has 2 aromatic heterocycles. The Morgan fingerprint density at radius 1 is 0.500 bits per heavy atom. The zero-order chi connectivity index (χ0) is 80.5. The molecule has 0 spiro atoms. The molecule has 0 bridgehead atoms. The predicted molar refractivity (Wildman–Crippen MR) is 406 cm³/mol. The van der Waals surface area contributed by atoms with Crippen molar-refractivity contribution in [1.82, 2.24) is 68.0 Å². The van der Waals surface area contributed by atoms with Gasteiger partial charge in [-0.3, -0.25) is 67.1 Å². The lowest BCUT2D eigenvalue weighted by molar-refractivity contribution is -0.143. The van der Waals surface area contributed by atoms with Crippen LogP contribution in [0.15, 0.2) is 109 Å². The molecule has 7 rings (SSSR count). The summed E-state index contributed by atoms with van der Waals surface area (Å²) in [6.45, 7) is 9.68. The van der Waals surface area contributed by atoms with Gasteiger partial charge in [0.2, 0.25) is 82.7 Å². The third-order valence-electron chi connectivity index (χ3n) is 19.2. The molecular formula is C77H103N17O16. The number of carbonyl (C=O) groups excluding carboxylic acids is 14. The van der Waals surface area contributed by atoms with Crippen LogP contribution in [0, 0.1) is 11.8 Å². The monoisotopic (exact) mass is 1520 g/mol. The molecule has 12 atom stereocenters. The van der Waals surface area contributed by atoms with Gasteiger partial charge in [-0.1, -0.05) is 94.8 Å². The molecule has 592 valence electrons. The molecule has 1 saturated heterocycles. The minimum absolute atomic E-state index is 0.0193. The average molecular weight is 1520 g/mol. The maximum atomic E-state index is 15.3. The molecule has 22 N–H and O–H groups in total. The summed E-state index contributed by atoms with van der Waals surface area (Å²) in [4.78, 5) is 204. The molecule has 6 aromatic rings. The van der Waals surface area contributed by atoms with Gasteiger partial charge in [-0.25, -0.2) is 0 Å². The summed E-state index contributed by atoms with van der Waals surface area (Å²) in [6, 6.07) is 10.4. The van der Waals surface area contributed by atoms with Gasteiger partial charge in [0.1, 0.15) is 78.0 Å². The Hall–Kier alpha value is -11.9. The van der Waals surface area contributed by atoms with Gasteiger partial charge in [-0.05, 0) is 129 Å². The normalized spacial score (nSPS) is 15.7. The van der Waals surface area contributed by atoms with Crippen molar-refractivity contribution < 1.29 is 77.3 Å². The van der Waals surface area contributed by atoms with Crippen molar-refractivity contribution in [3.63, 3.8) is 0 Å². The number of aromatic hydroxyl groups is 2. The maximum absolute atomic E-state index is 15.3. The summed E-state index contributed by atoms with van der Waals surface area (Å²) in [7, 11) is 0. The standard InChI is InChI=1S/C77H103N17O16/c1-7-42(4)66(76(109)92-62(38-65(80)99)73(106)89-60(69(102)84-43(5)67(81)100)36-47-39-82-53-17-10-8-15-51(47)53)93-74(107)57(33-41(2)3)88-72(105)61(37-48-40-83-54-18-11-9-16-52(48)54)90-71(104)59(35-46-23-27-50(97)28-24-46)91-75(108)63-20-14-32-94(63)77(110)56(29-30-64(79)98)87-68(101)55(19-12-13-31-78)86-70(103)58(85-44(6)95)34-45-21-25-49(96)26-22-45/h8-11,15-18,21-28,39-43,55-63,66,82-83,96-97H,7,12-14,19-20,29-38,78H2,1-6H3,(H2,79,98)(H2,80,99)(H2,81,100)(H,84,102)(H,85,95)(H,86,103)(H,87,101)(H,88,105)(H,89,106)(H,90,104)(H,91,108)(H,92,109)(H,93,107)/t42-,43-,55-,56-,57-,58-,59-,60-,61-,62-,63-,66-/m0/s1. The summed E-state index contributed by atoms with van der Waals surface area (Å²) in [5.41, 5.74) is 26.0. The molecule has 14 amide bonds. The quantitative estimate of drug-likeness (QED) is 0.0225. The number of phenolic OH excluding ortho intramolecular Hbond substituents is 2. The first kappa shape index (κ1) is 85.4. The van der Waals surface area contributed by atoms with Gasteiger partial charge in [-0.15, -0.1) is 0 Å². The van der Waals surface area contributed by atoms with Gasteiger partial charge in [0.15, 0.2) is 0 Å². The number of nitrogens with one attached hydrogen (secondary N) is 12. The summed E-state index contributed by atoms with van der Waals surface area (Å²) in [5.74, 6) is -13.1. The maximum Gasteiger partial charge on any atom is 0.245 e. The summed E-state index contributed by atoms with van der Waals surface area (Å²) in [5, 5.41) is 48.3. The smallest absolute Gasteiger partial charge is 0.245 e. The van der Waals surface area contributed by atoms with Gasteiger partial charge in [0, 0.05) is 79.8 Å². The Kier molecular flexibility index (Phi) is 31.7. The molecule has 0 saturated carbocycles. The number of amides is 14. The Morgan fingerprint density at radius 2 is 0.955 bits per heavy atom. The van der Waals surface area contributed by atoms with Gasteiger partial charge in [0.05, 0.1) is 6.42 Å². The number of aromatic nitrogens is 2. The predicted octanol–water partition coefficient (Wildman–Crippen LogP) is 0.0572. The van der Waals surface area contributed by atoms with Crippen LogP contribution >= 0.6 is 0 Å². The van der Waals surface area contributed by atoms with E-state index in [-0.39, 0.29) is 94.7 Å². The molecule has 110 heavy (non-hydrogen) atoms. The highest BCUT2D eigenvalue weighted by Crippen LogP contribution is 2.25. The number of H-pyrrole nitrogens is 2. The highest BCUT2D eigenvalue weighted by atomic mass is 16.3. The summed E-state index contributed by atoms with van der Waals surface area (Å²) in [6.07, 6.45) is 2.40. The van der Waals surface area contributed by atoms with E-state index in [1.165, 1.54) is 55.1 Å². The largest absolute Gasteiger partial charge is 0.508 e. The lowest BCUT2D eigenvalue weighted by Gasteiger charge is -2.31. The van der Waals surface area contributed by atoms with Crippen molar-refractivity contribution in [2.24, 2.45) is 34.8 Å². The second-order valence-electron chi connectivity index (χ2n) is 28.3. The topological polar surface area (TPSA) is 539 Å². The Labute approximate surface area is 636 Å². The van der Waals surface area contributed by atoms with Gasteiger partial charge >= 0.3 is 0 Å². The minimum Gasteiger partial charge on any atom is -0.508 e. The third-order valence-corrected chi connectivity index (χ3v) is 19.2. The van der Waals surface area contributed by atoms with Gasteiger partial charge in [-0.2, -0.15) is 0 Å². The fourth-order valence-electron chi connectivity index (χ4n) is 13.0. The Balaban J connectivity index is 1.13. The van der Waals surface area contributed by atoms with Crippen LogP contribution in [0.3, 0.4) is 0 Å². The van der Waals surface area contributed by atoms with Crippen LogP contribution < -0.4 is 76.1 Å². The van der Waals surface area contributed by atoms with Crippen molar-refractivity contribution in [2.75, 3.05) is 13.1 Å². The zero-order valence-electron chi connectivity index (χ0n) is 62.6. The second kappa shape index (κ2) is 40.9. The van der Waals surface area contributed by atoms with E-state index in [1.54, 1.807) is 101 Å². The number of carbonyl (C=O) groups is 14. The highest BCUT2D eigenvalue weighted by Gasteiger charge is 2.42. The molecular weight excluding hydrogens is 1420 g/mol. The second-order valence-corrected chi connectivity index (χ2v) is 28.3. The van der Waals surface area contributed by atoms with Gasteiger partial charge in [0.25, 0.3) is 0 Å². The molecule has 1 fully saturated rings. The Bertz CT molecular complexity index is 4260. The van der Waals surface area contributed by atoms with Crippen LogP contribution in [0.2, 0.25) is 0 Å². The van der Waals surface area contributed by atoms with Crippen molar-refractivity contribution in [2.45, 2.75) is 198 Å². The van der Waals surface area contributed by atoms with E-state index in [4.69, 9.17) is 22.9 Å². The van der Waals surface area contributed by atoms with Crippen molar-refractivity contribution in [3.8, 4) is 11.5 Å². The van der Waals surface area contributed by atoms with Crippen LogP contribution in [0.4, 0.5) is 0 Å². The number of fused-ring (bicyclic) bond motifs is 2. The number of para-hydroxylation sites is 2.